The van der Waals surface area contributed by atoms with Crippen molar-refractivity contribution in [1.82, 2.24) is 9.80 Å². The van der Waals surface area contributed by atoms with E-state index < -0.39 is 0 Å². The predicted octanol–water partition coefficient (Wildman–Crippen LogP) is 0.914. The molecule has 4 heteroatoms. The van der Waals surface area contributed by atoms with Crippen molar-refractivity contribution in [3.05, 3.63) is 0 Å². The van der Waals surface area contributed by atoms with Crippen LogP contribution < -0.4 is 5.73 Å². The van der Waals surface area contributed by atoms with Crippen molar-refractivity contribution in [1.29, 1.82) is 0 Å². The van der Waals surface area contributed by atoms with Crippen molar-refractivity contribution in [3.8, 4) is 0 Å². The third-order valence-electron chi connectivity index (χ3n) is 3.60. The van der Waals surface area contributed by atoms with Crippen molar-refractivity contribution in [2.75, 3.05) is 32.7 Å². The molecule has 0 saturated carbocycles. The molecule has 0 aromatic rings. The van der Waals surface area contributed by atoms with Crippen LogP contribution in [0.3, 0.4) is 0 Å². The number of nitrogens with two attached hydrogens (primary N) is 1. The van der Waals surface area contributed by atoms with E-state index in [2.05, 4.69) is 18.7 Å². The molecule has 2 N–H and O–H groups in total. The quantitative estimate of drug-likeness (QED) is 0.778. The number of carbonyl (C=O) groups excluding carboxylic acids is 1. The maximum atomic E-state index is 11.4. The van der Waals surface area contributed by atoms with Crippen LogP contribution in [-0.4, -0.2) is 54.5 Å². The second kappa shape index (κ2) is 6.97. The maximum absolute atomic E-state index is 11.4. The molecule has 0 aromatic carbocycles. The molecule has 4 nitrogen and oxygen atoms in total. The van der Waals surface area contributed by atoms with Crippen molar-refractivity contribution in [2.45, 2.75) is 39.7 Å². The Hall–Kier alpha value is -0.610. The molecule has 0 aromatic heterocycles. The first-order chi connectivity index (χ1) is 8.04. The van der Waals surface area contributed by atoms with Gasteiger partial charge in [0, 0.05) is 45.7 Å². The Kier molecular flexibility index (Phi) is 5.92. The largest absolute Gasteiger partial charge is 0.343 e. The molecular formula is C13H27N3O. The Balaban J connectivity index is 2.46. The third-order valence-corrected chi connectivity index (χ3v) is 3.60. The molecule has 1 unspecified atom stereocenters. The van der Waals surface area contributed by atoms with Gasteiger partial charge >= 0.3 is 0 Å². The van der Waals surface area contributed by atoms with Gasteiger partial charge in [-0.05, 0) is 32.6 Å². The summed E-state index contributed by atoms with van der Waals surface area (Å²) in [5, 5.41) is 0. The summed E-state index contributed by atoms with van der Waals surface area (Å²) in [6, 6.07) is 0.534. The molecule has 1 aliphatic rings. The first kappa shape index (κ1) is 14.5. The zero-order chi connectivity index (χ0) is 12.8. The summed E-state index contributed by atoms with van der Waals surface area (Å²) in [4.78, 5) is 15.8. The van der Waals surface area contributed by atoms with E-state index >= 15 is 0 Å². The molecule has 0 radical (unpaired) electrons. The van der Waals surface area contributed by atoms with Gasteiger partial charge in [-0.15, -0.1) is 0 Å². The lowest BCUT2D eigenvalue weighted by molar-refractivity contribution is -0.130. The SMILES string of the molecule is CC(=O)N1CCCC(CN(CCN)C(C)C)C1. The van der Waals surface area contributed by atoms with E-state index in [4.69, 9.17) is 5.73 Å². The van der Waals surface area contributed by atoms with Gasteiger partial charge in [-0.25, -0.2) is 0 Å². The van der Waals surface area contributed by atoms with Crippen LogP contribution in [0.25, 0.3) is 0 Å². The molecule has 100 valence electrons. The molecule has 1 saturated heterocycles. The van der Waals surface area contributed by atoms with Gasteiger partial charge in [0.05, 0.1) is 0 Å². The normalized spacial score (nSPS) is 21.3. The van der Waals surface area contributed by atoms with Crippen molar-refractivity contribution < 1.29 is 4.79 Å². The summed E-state index contributed by atoms with van der Waals surface area (Å²) in [5.74, 6) is 0.825. The van der Waals surface area contributed by atoms with Gasteiger partial charge in [-0.3, -0.25) is 9.69 Å². The number of piperidine rings is 1. The highest BCUT2D eigenvalue weighted by molar-refractivity contribution is 5.73. The molecule has 17 heavy (non-hydrogen) atoms. The minimum Gasteiger partial charge on any atom is -0.343 e. The van der Waals surface area contributed by atoms with Crippen LogP contribution in [0.1, 0.15) is 33.6 Å². The summed E-state index contributed by atoms with van der Waals surface area (Å²) in [5.41, 5.74) is 5.64. The van der Waals surface area contributed by atoms with E-state index in [0.717, 1.165) is 32.6 Å². The summed E-state index contributed by atoms with van der Waals surface area (Å²) in [6.07, 6.45) is 2.37. The highest BCUT2D eigenvalue weighted by atomic mass is 16.2. The van der Waals surface area contributed by atoms with Crippen LogP contribution in [0.4, 0.5) is 0 Å². The Morgan fingerprint density at radius 1 is 1.53 bits per heavy atom. The first-order valence-corrected chi connectivity index (χ1v) is 6.74. The Bertz CT molecular complexity index is 243. The highest BCUT2D eigenvalue weighted by Gasteiger charge is 2.23. The standard InChI is InChI=1S/C13H27N3O/c1-11(2)15(8-6-14)9-13-5-4-7-16(10-13)12(3)17/h11,13H,4-10,14H2,1-3H3. The number of amides is 1. The summed E-state index contributed by atoms with van der Waals surface area (Å²) in [6.45, 7) is 10.7. The Morgan fingerprint density at radius 2 is 2.24 bits per heavy atom. The van der Waals surface area contributed by atoms with Crippen LogP contribution in [-0.2, 0) is 4.79 Å². The minimum atomic E-state index is 0.213. The van der Waals surface area contributed by atoms with Crippen LogP contribution in [0.5, 0.6) is 0 Å². The van der Waals surface area contributed by atoms with Gasteiger partial charge in [-0.1, -0.05) is 0 Å². The minimum absolute atomic E-state index is 0.213. The van der Waals surface area contributed by atoms with E-state index in [1.165, 1.54) is 6.42 Å². The van der Waals surface area contributed by atoms with E-state index in [9.17, 15) is 4.79 Å². The monoisotopic (exact) mass is 241 g/mol. The van der Waals surface area contributed by atoms with E-state index in [1.807, 2.05) is 4.90 Å². The van der Waals surface area contributed by atoms with Gasteiger partial charge in [0.15, 0.2) is 0 Å². The van der Waals surface area contributed by atoms with Gasteiger partial charge < -0.3 is 10.6 Å². The van der Waals surface area contributed by atoms with E-state index in [1.54, 1.807) is 6.92 Å². The zero-order valence-electron chi connectivity index (χ0n) is 11.5. The molecule has 1 fully saturated rings. The van der Waals surface area contributed by atoms with Crippen LogP contribution in [0.15, 0.2) is 0 Å². The molecule has 1 atom stereocenters. The Labute approximate surface area is 105 Å². The maximum Gasteiger partial charge on any atom is 0.219 e. The zero-order valence-corrected chi connectivity index (χ0v) is 11.5. The molecule has 0 spiro atoms. The molecule has 1 aliphatic heterocycles. The number of likely N-dealkylation sites (tertiary alicyclic amines) is 1. The summed E-state index contributed by atoms with van der Waals surface area (Å²) >= 11 is 0. The Morgan fingerprint density at radius 3 is 2.76 bits per heavy atom. The van der Waals surface area contributed by atoms with Crippen LogP contribution >= 0.6 is 0 Å². The first-order valence-electron chi connectivity index (χ1n) is 6.74. The van der Waals surface area contributed by atoms with Gasteiger partial charge in [-0.2, -0.15) is 0 Å². The fourth-order valence-electron chi connectivity index (χ4n) is 2.56. The third kappa shape index (κ3) is 4.64. The van der Waals surface area contributed by atoms with Crippen molar-refractivity contribution in [3.63, 3.8) is 0 Å². The second-order valence-electron chi connectivity index (χ2n) is 5.35. The average Bonchev–Trinajstić information content (AvgIpc) is 2.28. The molecule has 1 heterocycles. The number of rotatable bonds is 5. The summed E-state index contributed by atoms with van der Waals surface area (Å²) < 4.78 is 0. The van der Waals surface area contributed by atoms with Gasteiger partial charge in [0.25, 0.3) is 0 Å². The van der Waals surface area contributed by atoms with E-state index in [0.29, 0.717) is 18.5 Å². The smallest absolute Gasteiger partial charge is 0.219 e. The second-order valence-corrected chi connectivity index (χ2v) is 5.35. The van der Waals surface area contributed by atoms with Gasteiger partial charge in [0.1, 0.15) is 0 Å². The van der Waals surface area contributed by atoms with E-state index in [-0.39, 0.29) is 5.91 Å². The van der Waals surface area contributed by atoms with Crippen molar-refractivity contribution >= 4 is 5.91 Å². The number of carbonyl (C=O) groups is 1. The van der Waals surface area contributed by atoms with Crippen LogP contribution in [0, 0.1) is 5.92 Å². The lowest BCUT2D eigenvalue weighted by atomic mass is 9.97. The fourth-order valence-corrected chi connectivity index (χ4v) is 2.56. The summed E-state index contributed by atoms with van der Waals surface area (Å²) in [7, 11) is 0. The van der Waals surface area contributed by atoms with Crippen LogP contribution in [0.2, 0.25) is 0 Å². The van der Waals surface area contributed by atoms with Crippen molar-refractivity contribution in [2.24, 2.45) is 11.7 Å². The molecular weight excluding hydrogens is 214 g/mol. The predicted molar refractivity (Wildman–Crippen MR) is 70.7 cm³/mol. The number of nitrogens with zero attached hydrogens (tertiary/aromatic N) is 2. The molecule has 1 rings (SSSR count). The topological polar surface area (TPSA) is 49.6 Å². The molecule has 0 aliphatic carbocycles. The number of hydrogen-bond acceptors (Lipinski definition) is 3. The van der Waals surface area contributed by atoms with Gasteiger partial charge in [0.2, 0.25) is 5.91 Å². The molecule has 1 amide bonds. The fraction of sp³-hybridized carbons (Fsp3) is 0.923. The lowest BCUT2D eigenvalue weighted by Gasteiger charge is -2.36. The average molecular weight is 241 g/mol. The highest BCUT2D eigenvalue weighted by Crippen LogP contribution is 2.18. The lowest BCUT2D eigenvalue weighted by Crippen LogP contribution is -2.45. The molecule has 0 bridgehead atoms. The number of hydrogen-bond donors (Lipinski definition) is 1.